The van der Waals surface area contributed by atoms with Gasteiger partial charge in [-0.05, 0) is 18.2 Å². The van der Waals surface area contributed by atoms with Gasteiger partial charge in [-0.3, -0.25) is 15.1 Å². The summed E-state index contributed by atoms with van der Waals surface area (Å²) < 4.78 is 22.6. The number of nitrogens with two attached hydrogens (primary N) is 1. The number of sulfonamides is 1. The Hall–Kier alpha value is -2.06. The lowest BCUT2D eigenvalue weighted by molar-refractivity contribution is -0.383. The summed E-state index contributed by atoms with van der Waals surface area (Å²) in [6.07, 6.45) is 1.35. The third-order valence-corrected chi connectivity index (χ3v) is 3.16. The van der Waals surface area contributed by atoms with Gasteiger partial charge in [0.25, 0.3) is 5.69 Å². The lowest BCUT2D eigenvalue weighted by Crippen LogP contribution is -2.13. The number of fused-ring (bicyclic) bond motifs is 1. The number of nitro benzene ring substituents is 1. The fourth-order valence-electron chi connectivity index (χ4n) is 1.52. The zero-order valence-electron chi connectivity index (χ0n) is 8.40. The Morgan fingerprint density at radius 2 is 2.00 bits per heavy atom. The van der Waals surface area contributed by atoms with E-state index in [-0.39, 0.29) is 21.5 Å². The van der Waals surface area contributed by atoms with E-state index in [0.717, 1.165) is 12.1 Å². The Bertz CT molecular complexity index is 711. The topological polar surface area (TPSA) is 116 Å². The second-order valence-electron chi connectivity index (χ2n) is 3.28. The van der Waals surface area contributed by atoms with Gasteiger partial charge in [0.1, 0.15) is 4.90 Å². The van der Waals surface area contributed by atoms with Gasteiger partial charge < -0.3 is 0 Å². The Morgan fingerprint density at radius 1 is 1.29 bits per heavy atom. The van der Waals surface area contributed by atoms with Crippen LogP contribution in [0.2, 0.25) is 0 Å². The molecule has 1 aromatic carbocycles. The van der Waals surface area contributed by atoms with Crippen molar-refractivity contribution in [3.63, 3.8) is 0 Å². The predicted octanol–water partition coefficient (Wildman–Crippen LogP) is 0.790. The summed E-state index contributed by atoms with van der Waals surface area (Å²) in [6, 6.07) is 5.10. The van der Waals surface area contributed by atoms with Gasteiger partial charge in [0.2, 0.25) is 10.0 Å². The Morgan fingerprint density at radius 3 is 2.59 bits per heavy atom. The average Bonchev–Trinajstić information content (AvgIpc) is 2.26. The molecule has 0 amide bonds. The van der Waals surface area contributed by atoms with Crippen LogP contribution in [0, 0.1) is 10.1 Å². The molecule has 8 heteroatoms. The van der Waals surface area contributed by atoms with Crippen molar-refractivity contribution in [3.05, 3.63) is 40.6 Å². The predicted molar refractivity (Wildman–Crippen MR) is 59.8 cm³/mol. The second-order valence-corrected chi connectivity index (χ2v) is 4.81. The normalized spacial score (nSPS) is 11.6. The zero-order chi connectivity index (χ0) is 12.6. The number of hydrogen-bond donors (Lipinski definition) is 1. The molecule has 0 bridgehead atoms. The summed E-state index contributed by atoms with van der Waals surface area (Å²) in [5, 5.41) is 15.9. The highest BCUT2D eigenvalue weighted by molar-refractivity contribution is 7.89. The van der Waals surface area contributed by atoms with Crippen molar-refractivity contribution >= 4 is 26.6 Å². The molecule has 0 unspecified atom stereocenters. The molecule has 0 atom stereocenters. The fraction of sp³-hybridized carbons (Fsp3) is 0. The smallest absolute Gasteiger partial charge is 0.258 e. The molecular weight excluding hydrogens is 246 g/mol. The number of nitrogens with zero attached hydrogens (tertiary/aromatic N) is 2. The molecule has 1 heterocycles. The van der Waals surface area contributed by atoms with Crippen LogP contribution >= 0.6 is 0 Å². The first-order valence-corrected chi connectivity index (χ1v) is 6.01. The highest BCUT2D eigenvalue weighted by Crippen LogP contribution is 2.28. The van der Waals surface area contributed by atoms with Crippen LogP contribution in [-0.4, -0.2) is 18.3 Å². The maximum absolute atomic E-state index is 11.3. The van der Waals surface area contributed by atoms with Gasteiger partial charge in [0, 0.05) is 12.3 Å². The highest BCUT2D eigenvalue weighted by atomic mass is 32.2. The molecule has 0 aliphatic rings. The molecule has 2 rings (SSSR count). The summed E-state index contributed by atoms with van der Waals surface area (Å²) in [6.45, 7) is 0. The van der Waals surface area contributed by atoms with E-state index in [9.17, 15) is 18.5 Å². The van der Waals surface area contributed by atoms with E-state index in [2.05, 4.69) is 4.98 Å². The standard InChI is InChI=1S/C9H7N3O4S/c10-17(15,16)8-4-3-7(12(13)14)6-2-1-5-11-9(6)8/h1-5H,(H2,10,15,16). The average molecular weight is 253 g/mol. The van der Waals surface area contributed by atoms with Crippen LogP contribution < -0.4 is 5.14 Å². The highest BCUT2D eigenvalue weighted by Gasteiger charge is 2.19. The molecule has 17 heavy (non-hydrogen) atoms. The van der Waals surface area contributed by atoms with Crippen molar-refractivity contribution in [1.82, 2.24) is 4.98 Å². The van der Waals surface area contributed by atoms with Gasteiger partial charge in [-0.1, -0.05) is 0 Å². The molecule has 0 aliphatic heterocycles. The molecule has 2 N–H and O–H groups in total. The molecule has 0 saturated heterocycles. The van der Waals surface area contributed by atoms with Crippen LogP contribution in [0.15, 0.2) is 35.4 Å². The SMILES string of the molecule is NS(=O)(=O)c1ccc([N+](=O)[O-])c2cccnc12. The third kappa shape index (κ3) is 1.95. The van der Waals surface area contributed by atoms with Gasteiger partial charge >= 0.3 is 0 Å². The number of hydrogen-bond acceptors (Lipinski definition) is 5. The Kier molecular flexibility index (Phi) is 2.52. The van der Waals surface area contributed by atoms with E-state index >= 15 is 0 Å². The number of primary sulfonamides is 1. The minimum absolute atomic E-state index is 0.00389. The largest absolute Gasteiger partial charge is 0.278 e. The van der Waals surface area contributed by atoms with Gasteiger partial charge in [0.05, 0.1) is 15.8 Å². The zero-order valence-corrected chi connectivity index (χ0v) is 9.22. The molecule has 0 fully saturated rings. The second kappa shape index (κ2) is 3.75. The minimum Gasteiger partial charge on any atom is -0.258 e. The maximum atomic E-state index is 11.3. The molecule has 88 valence electrons. The first-order chi connectivity index (χ1) is 7.91. The van der Waals surface area contributed by atoms with Gasteiger partial charge in [-0.2, -0.15) is 0 Å². The van der Waals surface area contributed by atoms with E-state index < -0.39 is 14.9 Å². The molecule has 0 aliphatic carbocycles. The van der Waals surface area contributed by atoms with Crippen LogP contribution in [0.3, 0.4) is 0 Å². The van der Waals surface area contributed by atoms with Crippen molar-refractivity contribution in [2.75, 3.05) is 0 Å². The summed E-state index contributed by atoms with van der Waals surface area (Å²) in [5.41, 5.74) is -0.204. The number of nitro groups is 1. The number of aromatic nitrogens is 1. The van der Waals surface area contributed by atoms with Crippen LogP contribution in [0.5, 0.6) is 0 Å². The summed E-state index contributed by atoms with van der Waals surface area (Å²) >= 11 is 0. The number of pyridine rings is 1. The van der Waals surface area contributed by atoms with Crippen LogP contribution in [0.4, 0.5) is 5.69 Å². The van der Waals surface area contributed by atoms with E-state index in [4.69, 9.17) is 5.14 Å². The van der Waals surface area contributed by atoms with Crippen LogP contribution in [0.25, 0.3) is 10.9 Å². The lowest BCUT2D eigenvalue weighted by atomic mass is 10.2. The summed E-state index contributed by atoms with van der Waals surface area (Å²) in [7, 11) is -3.96. The third-order valence-electron chi connectivity index (χ3n) is 2.21. The van der Waals surface area contributed by atoms with Crippen molar-refractivity contribution in [3.8, 4) is 0 Å². The monoisotopic (exact) mass is 253 g/mol. The molecule has 0 spiro atoms. The number of rotatable bonds is 2. The van der Waals surface area contributed by atoms with Crippen LogP contribution in [-0.2, 0) is 10.0 Å². The Labute approximate surface area is 96.1 Å². The molecule has 0 saturated carbocycles. The van der Waals surface area contributed by atoms with Gasteiger partial charge in [-0.15, -0.1) is 0 Å². The first kappa shape index (κ1) is 11.4. The fourth-order valence-corrected chi connectivity index (χ4v) is 2.21. The van der Waals surface area contributed by atoms with Crippen LogP contribution in [0.1, 0.15) is 0 Å². The van der Waals surface area contributed by atoms with Crippen molar-refractivity contribution < 1.29 is 13.3 Å². The van der Waals surface area contributed by atoms with Crippen molar-refractivity contribution in [1.29, 1.82) is 0 Å². The van der Waals surface area contributed by atoms with Crippen molar-refractivity contribution in [2.24, 2.45) is 5.14 Å². The summed E-state index contributed by atoms with van der Waals surface area (Å²) in [5.74, 6) is 0. The van der Waals surface area contributed by atoms with Gasteiger partial charge in [0.15, 0.2) is 0 Å². The van der Waals surface area contributed by atoms with Gasteiger partial charge in [-0.25, -0.2) is 13.6 Å². The quantitative estimate of drug-likeness (QED) is 0.627. The molecule has 7 nitrogen and oxygen atoms in total. The first-order valence-electron chi connectivity index (χ1n) is 4.46. The summed E-state index contributed by atoms with van der Waals surface area (Å²) in [4.78, 5) is 13.8. The molecule has 0 radical (unpaired) electrons. The molecule has 2 aromatic rings. The van der Waals surface area contributed by atoms with E-state index in [1.807, 2.05) is 0 Å². The van der Waals surface area contributed by atoms with E-state index in [0.29, 0.717) is 0 Å². The molecule has 1 aromatic heterocycles. The van der Waals surface area contributed by atoms with Crippen molar-refractivity contribution in [2.45, 2.75) is 4.90 Å². The van der Waals surface area contributed by atoms with E-state index in [1.165, 1.54) is 18.3 Å². The minimum atomic E-state index is -3.96. The Balaban J connectivity index is 2.95. The molecular formula is C9H7N3O4S. The lowest BCUT2D eigenvalue weighted by Gasteiger charge is -2.03. The maximum Gasteiger partial charge on any atom is 0.278 e. The van der Waals surface area contributed by atoms with E-state index in [1.54, 1.807) is 0 Å². The number of benzene rings is 1. The number of non-ortho nitro benzene ring substituents is 1.